The lowest BCUT2D eigenvalue weighted by Crippen LogP contribution is -2.54. The van der Waals surface area contributed by atoms with Crippen molar-refractivity contribution < 1.29 is 38.9 Å². The van der Waals surface area contributed by atoms with Crippen molar-refractivity contribution in [1.29, 1.82) is 0 Å². The van der Waals surface area contributed by atoms with Crippen molar-refractivity contribution in [3.05, 3.63) is 191 Å². The summed E-state index contributed by atoms with van der Waals surface area (Å²) in [6.45, 7) is 1.48. The number of carboxylic acids is 1. The van der Waals surface area contributed by atoms with Crippen LogP contribution in [0.4, 0.5) is 10.5 Å². The molecule has 7 atom stereocenters. The number of nitrogens with one attached hydrogen (secondary N) is 1. The maximum atomic E-state index is 16.3. The molecule has 0 radical (unpaired) electrons. The Hall–Kier alpha value is -8.12. The first kappa shape index (κ1) is 42.8. The highest BCUT2D eigenvalue weighted by Gasteiger charge is 2.76. The van der Waals surface area contributed by atoms with Crippen LogP contribution in [-0.4, -0.2) is 73.2 Å². The van der Waals surface area contributed by atoms with Gasteiger partial charge in [0.1, 0.15) is 47.9 Å². The zero-order valence-electron chi connectivity index (χ0n) is 36.2. The molecule has 334 valence electrons. The van der Waals surface area contributed by atoms with E-state index >= 15 is 9.59 Å². The van der Waals surface area contributed by atoms with Crippen molar-refractivity contribution in [2.45, 2.75) is 49.2 Å². The molecule has 1 aromatic heterocycles. The summed E-state index contributed by atoms with van der Waals surface area (Å²) in [5.74, 6) is 1.60. The Balaban J connectivity index is 1.23. The number of esters is 1. The second-order valence-electron chi connectivity index (χ2n) is 16.7. The van der Waals surface area contributed by atoms with Crippen molar-refractivity contribution in [2.24, 2.45) is 5.92 Å². The van der Waals surface area contributed by atoms with Crippen molar-refractivity contribution >= 4 is 40.6 Å². The van der Waals surface area contributed by atoms with E-state index in [0.717, 1.165) is 16.0 Å². The molecule has 0 aliphatic carbocycles. The number of carbonyl (C=O) groups excluding carboxylic acids is 3. The van der Waals surface area contributed by atoms with Gasteiger partial charge in [-0.2, -0.15) is 0 Å². The lowest BCUT2D eigenvalue weighted by atomic mass is 9.65. The third kappa shape index (κ3) is 7.25. The molecule has 2 fully saturated rings. The largest absolute Gasteiger partial charge is 0.491 e. The first-order chi connectivity index (χ1) is 32.7. The Kier molecular flexibility index (Phi) is 11.3. The average molecular weight is 893 g/mol. The van der Waals surface area contributed by atoms with Crippen molar-refractivity contribution in [3.8, 4) is 17.6 Å². The summed E-state index contributed by atoms with van der Waals surface area (Å²) in [7, 11) is 0. The fraction of sp³-hybridized carbons (Fsp3) is 0.208. The average Bonchev–Trinajstić information content (AvgIpc) is 4.00. The van der Waals surface area contributed by atoms with Gasteiger partial charge in [-0.1, -0.05) is 138 Å². The monoisotopic (exact) mass is 892 g/mol. The summed E-state index contributed by atoms with van der Waals surface area (Å²) in [5.41, 5.74) is 2.47. The Morgan fingerprint density at radius 2 is 1.51 bits per heavy atom. The Morgan fingerprint density at radius 1 is 0.836 bits per heavy atom. The van der Waals surface area contributed by atoms with Gasteiger partial charge in [0.2, 0.25) is 5.91 Å². The minimum Gasteiger partial charge on any atom is -0.491 e. The number of rotatable bonds is 10. The third-order valence-electron chi connectivity index (χ3n) is 13.0. The van der Waals surface area contributed by atoms with Crippen LogP contribution in [0, 0.1) is 17.8 Å². The zero-order valence-corrected chi connectivity index (χ0v) is 36.2. The second kappa shape index (κ2) is 17.7. The molecule has 14 nitrogen and oxygen atoms in total. The highest BCUT2D eigenvalue weighted by molar-refractivity contribution is 6.24. The van der Waals surface area contributed by atoms with Gasteiger partial charge in [-0.3, -0.25) is 19.3 Å². The molecule has 7 aromatic rings. The van der Waals surface area contributed by atoms with Gasteiger partial charge >= 0.3 is 18.0 Å². The standard InChI is InChI=1S/C53H44N6O8/c1-33(35-17-5-2-6-18-35)54-52(65)58-41-28-27-34(16-15-29-57-42-25-13-12-24-40(42)55-56-57)32-39(41)53(51(58)64)44(49(61)62)46-50(63)67-47(37-21-9-4-10-22-37)45(36-19-7-3-8-20-36)59(46)48(53)38-23-11-14-26-43(38)66-31-30-60/h2-14,17-28,32-33,44-48,60H,29-31H2,1H3,(H,54,65)(H,61,62). The number of carbonyl (C=O) groups is 4. The van der Waals surface area contributed by atoms with Crippen LogP contribution in [0.2, 0.25) is 0 Å². The van der Waals surface area contributed by atoms with E-state index in [0.29, 0.717) is 27.8 Å². The minimum atomic E-state index is -2.21. The number of fused-ring (bicyclic) bond motifs is 4. The van der Waals surface area contributed by atoms with Crippen LogP contribution >= 0.6 is 0 Å². The summed E-state index contributed by atoms with van der Waals surface area (Å²) < 4.78 is 14.3. The number of para-hydroxylation sites is 2. The molecule has 6 aromatic carbocycles. The zero-order chi connectivity index (χ0) is 46.2. The number of amides is 3. The van der Waals surface area contributed by atoms with Crippen LogP contribution in [0.15, 0.2) is 158 Å². The van der Waals surface area contributed by atoms with E-state index in [1.165, 1.54) is 0 Å². The molecule has 0 saturated carbocycles. The van der Waals surface area contributed by atoms with Crippen molar-refractivity contribution in [3.63, 3.8) is 0 Å². The SMILES string of the molecule is CC(NC(=O)N1C(=O)C2(c3cc(C#CCn4nnc5ccccc54)ccc31)C(C(=O)O)C1C(=O)OC(c3ccccc3)C(c3ccccc3)N1C2c1ccccc1OCCO)c1ccccc1. The lowest BCUT2D eigenvalue weighted by Gasteiger charge is -2.46. The van der Waals surface area contributed by atoms with E-state index in [-0.39, 0.29) is 36.8 Å². The lowest BCUT2D eigenvalue weighted by molar-refractivity contribution is -0.179. The predicted octanol–water partition coefficient (Wildman–Crippen LogP) is 7.08. The van der Waals surface area contributed by atoms with Crippen molar-refractivity contribution in [2.75, 3.05) is 18.1 Å². The molecule has 4 heterocycles. The quantitative estimate of drug-likeness (QED) is 0.0946. The number of aliphatic hydroxyl groups is 1. The minimum absolute atomic E-state index is 0.128. The van der Waals surface area contributed by atoms with E-state index < -0.39 is 65.5 Å². The molecule has 7 unspecified atom stereocenters. The number of ether oxygens (including phenoxy) is 2. The molecule has 3 N–H and O–H groups in total. The van der Waals surface area contributed by atoms with Gasteiger partial charge in [0.15, 0.2) is 0 Å². The molecule has 1 spiro atoms. The fourth-order valence-corrected chi connectivity index (χ4v) is 10.3. The molecule has 14 heteroatoms. The number of benzene rings is 6. The second-order valence-corrected chi connectivity index (χ2v) is 16.7. The fourth-order valence-electron chi connectivity index (χ4n) is 10.3. The van der Waals surface area contributed by atoms with Crippen LogP contribution < -0.4 is 15.0 Å². The van der Waals surface area contributed by atoms with E-state index in [2.05, 4.69) is 27.5 Å². The first-order valence-corrected chi connectivity index (χ1v) is 22.0. The molecule has 0 bridgehead atoms. The van der Waals surface area contributed by atoms with Gasteiger partial charge in [0.25, 0.3) is 0 Å². The molecule has 3 amide bonds. The smallest absolute Gasteiger partial charge is 0.329 e. The number of hydrogen-bond donors (Lipinski definition) is 3. The number of aliphatic hydroxyl groups excluding tert-OH is 1. The number of carboxylic acid groups (broad SMARTS) is 1. The van der Waals surface area contributed by atoms with Crippen molar-refractivity contribution in [1.82, 2.24) is 25.2 Å². The highest BCUT2D eigenvalue weighted by atomic mass is 16.6. The first-order valence-electron chi connectivity index (χ1n) is 22.0. The number of nitrogens with zero attached hydrogens (tertiary/aromatic N) is 5. The van der Waals surface area contributed by atoms with Gasteiger partial charge < -0.3 is 25.0 Å². The number of cyclic esters (lactones) is 1. The van der Waals surface area contributed by atoms with E-state index in [4.69, 9.17) is 9.47 Å². The predicted molar refractivity (Wildman–Crippen MR) is 246 cm³/mol. The van der Waals surface area contributed by atoms with Crippen LogP contribution in [0.5, 0.6) is 5.75 Å². The molecular formula is C53H44N6O8. The number of morpholine rings is 1. The Bertz CT molecular complexity index is 3080. The molecule has 3 aliphatic rings. The Labute approximate surface area is 385 Å². The summed E-state index contributed by atoms with van der Waals surface area (Å²) in [6.07, 6.45) is -0.975. The van der Waals surface area contributed by atoms with Crippen LogP contribution in [0.25, 0.3) is 11.0 Å². The number of aliphatic carboxylic acids is 1. The maximum absolute atomic E-state index is 16.3. The van der Waals surface area contributed by atoms with E-state index in [1.807, 2.05) is 115 Å². The normalized spacial score (nSPS) is 22.4. The number of aromatic nitrogens is 3. The van der Waals surface area contributed by atoms with E-state index in [9.17, 15) is 19.8 Å². The van der Waals surface area contributed by atoms with Gasteiger partial charge in [0, 0.05) is 11.1 Å². The molecule has 67 heavy (non-hydrogen) atoms. The molecule has 2 saturated heterocycles. The maximum Gasteiger partial charge on any atom is 0.329 e. The number of imide groups is 1. The molecule has 3 aliphatic heterocycles. The van der Waals surface area contributed by atoms with Gasteiger partial charge in [-0.05, 0) is 65.6 Å². The highest BCUT2D eigenvalue weighted by Crippen LogP contribution is 2.66. The topological polar surface area (TPSA) is 176 Å². The summed E-state index contributed by atoms with van der Waals surface area (Å²) >= 11 is 0. The van der Waals surface area contributed by atoms with Gasteiger partial charge in [0.05, 0.1) is 35.9 Å². The number of urea groups is 1. The summed E-state index contributed by atoms with van der Waals surface area (Å²) in [4.78, 5) is 63.5. The van der Waals surface area contributed by atoms with Crippen LogP contribution in [-0.2, 0) is 31.1 Å². The number of anilines is 1. The van der Waals surface area contributed by atoms with Gasteiger partial charge in [-0.25, -0.2) is 14.4 Å². The molecular weight excluding hydrogens is 849 g/mol. The molecule has 10 rings (SSSR count). The van der Waals surface area contributed by atoms with Gasteiger partial charge in [-0.15, -0.1) is 5.10 Å². The summed E-state index contributed by atoms with van der Waals surface area (Å²) in [5, 5.41) is 33.3. The third-order valence-corrected chi connectivity index (χ3v) is 13.0. The van der Waals surface area contributed by atoms with Crippen LogP contribution in [0.3, 0.4) is 0 Å². The Morgan fingerprint density at radius 3 is 2.24 bits per heavy atom. The summed E-state index contributed by atoms with van der Waals surface area (Å²) in [6, 6.07) is 41.9. The van der Waals surface area contributed by atoms with Crippen LogP contribution in [0.1, 0.15) is 64.5 Å². The van der Waals surface area contributed by atoms with E-state index in [1.54, 1.807) is 59.0 Å². The number of hydrogen-bond acceptors (Lipinski definition) is 10.